The van der Waals surface area contributed by atoms with E-state index >= 15 is 0 Å². The van der Waals surface area contributed by atoms with Crippen LogP contribution in [0.5, 0.6) is 63.2 Å². The standard InChI is InChI=1S/C37H32N3O11P3/c1-26-2-14-32(15-3-26)46-52(47-33-16-4-27(41)5-17-33)38-53(48-34-18-6-28(42)7-19-34,49-35-20-8-29(43)9-21-35)40-54(39-52,50-36-22-10-30(44)11-23-36)51-37-24-12-31(45)13-25-37/h2-25,41-45H,1H3. The van der Waals surface area contributed by atoms with E-state index in [1.807, 2.05) is 19.1 Å². The van der Waals surface area contributed by atoms with Gasteiger partial charge in [0.15, 0.2) is 0 Å². The van der Waals surface area contributed by atoms with Crippen molar-refractivity contribution in [2.24, 2.45) is 13.5 Å². The van der Waals surface area contributed by atoms with Crippen molar-refractivity contribution in [2.45, 2.75) is 6.92 Å². The maximum atomic E-state index is 10.1. The lowest BCUT2D eigenvalue weighted by Crippen LogP contribution is -2.11. The molecular formula is C37H32N3O11P3. The van der Waals surface area contributed by atoms with Gasteiger partial charge in [0.2, 0.25) is 0 Å². The summed E-state index contributed by atoms with van der Waals surface area (Å²) in [5.74, 6) is 0.988. The highest BCUT2D eigenvalue weighted by Gasteiger charge is 2.49. The van der Waals surface area contributed by atoms with Crippen LogP contribution in [0.25, 0.3) is 0 Å². The number of aromatic hydroxyl groups is 5. The molecule has 14 nitrogen and oxygen atoms in total. The predicted molar refractivity (Wildman–Crippen MR) is 204 cm³/mol. The van der Waals surface area contributed by atoms with Crippen LogP contribution >= 0.6 is 23.0 Å². The first-order valence-corrected chi connectivity index (χ1v) is 20.7. The molecule has 1 atom stereocenters. The molecule has 54 heavy (non-hydrogen) atoms. The third-order valence-electron chi connectivity index (χ3n) is 7.23. The first-order chi connectivity index (χ1) is 26.0. The van der Waals surface area contributed by atoms with Crippen LogP contribution in [-0.2, 0) is 0 Å². The fraction of sp³-hybridized carbons (Fsp3) is 0.0270. The van der Waals surface area contributed by atoms with E-state index in [4.69, 9.17) is 40.7 Å². The number of aryl methyl sites for hydroxylation is 1. The second-order valence-electron chi connectivity index (χ2n) is 11.6. The van der Waals surface area contributed by atoms with Crippen molar-refractivity contribution >= 4 is 23.0 Å². The maximum Gasteiger partial charge on any atom is 0.460 e. The molecule has 0 aliphatic carbocycles. The Morgan fingerprint density at radius 1 is 0.296 bits per heavy atom. The summed E-state index contributed by atoms with van der Waals surface area (Å²) < 4.78 is 54.8. The van der Waals surface area contributed by atoms with Crippen LogP contribution < -0.4 is 27.1 Å². The Bertz CT molecular complexity index is 1970. The summed E-state index contributed by atoms with van der Waals surface area (Å²) in [5, 5.41) is 50.5. The van der Waals surface area contributed by atoms with Crippen molar-refractivity contribution in [2.75, 3.05) is 0 Å². The fourth-order valence-corrected chi connectivity index (χ4v) is 13.8. The molecule has 1 aliphatic heterocycles. The normalized spacial score (nSPS) is 16.7. The van der Waals surface area contributed by atoms with E-state index in [1.54, 1.807) is 12.1 Å². The largest absolute Gasteiger partial charge is 0.508 e. The van der Waals surface area contributed by atoms with Crippen LogP contribution in [0.15, 0.2) is 159 Å². The Labute approximate surface area is 309 Å². The van der Waals surface area contributed by atoms with E-state index in [2.05, 4.69) is 0 Å². The minimum atomic E-state index is -4.25. The molecule has 5 N–H and O–H groups in total. The van der Waals surface area contributed by atoms with Crippen LogP contribution in [-0.4, -0.2) is 25.5 Å². The minimum absolute atomic E-state index is 0.0249. The van der Waals surface area contributed by atoms with Gasteiger partial charge in [-0.15, -0.1) is 0 Å². The van der Waals surface area contributed by atoms with Gasteiger partial charge in [-0.05, 0) is 140 Å². The molecule has 0 radical (unpaired) electrons. The lowest BCUT2D eigenvalue weighted by Gasteiger charge is -2.33. The zero-order valence-corrected chi connectivity index (χ0v) is 30.9. The van der Waals surface area contributed by atoms with Gasteiger partial charge in [0.05, 0.1) is 0 Å². The number of hydrogen-bond acceptors (Lipinski definition) is 14. The maximum absolute atomic E-state index is 10.1. The molecule has 0 spiro atoms. The highest BCUT2D eigenvalue weighted by molar-refractivity contribution is 7.79. The summed E-state index contributed by atoms with van der Waals surface area (Å²) in [4.78, 5) is 0. The van der Waals surface area contributed by atoms with Crippen molar-refractivity contribution in [3.63, 3.8) is 0 Å². The monoisotopic (exact) mass is 787 g/mol. The number of phenolic OH excluding ortho intramolecular Hbond substituents is 5. The second kappa shape index (κ2) is 15.0. The van der Waals surface area contributed by atoms with Crippen molar-refractivity contribution in [3.8, 4) is 63.2 Å². The molecule has 6 aromatic carbocycles. The van der Waals surface area contributed by atoms with E-state index in [1.165, 1.54) is 121 Å². The topological polar surface area (TPSA) is 194 Å². The summed E-state index contributed by atoms with van der Waals surface area (Å²) in [6.45, 7) is 1.91. The molecule has 276 valence electrons. The number of benzene rings is 6. The molecule has 1 aliphatic rings. The molecule has 0 saturated heterocycles. The molecule has 0 fully saturated rings. The highest BCUT2D eigenvalue weighted by atomic mass is 31.3. The van der Waals surface area contributed by atoms with Gasteiger partial charge < -0.3 is 52.7 Å². The van der Waals surface area contributed by atoms with Gasteiger partial charge in [-0.3, -0.25) is 0 Å². The zero-order chi connectivity index (χ0) is 37.8. The van der Waals surface area contributed by atoms with Crippen molar-refractivity contribution < 1.29 is 52.7 Å². The second-order valence-corrected chi connectivity index (χ2v) is 17.8. The Morgan fingerprint density at radius 2 is 0.463 bits per heavy atom. The zero-order valence-electron chi connectivity index (χ0n) is 28.2. The van der Waals surface area contributed by atoms with Crippen LogP contribution in [0.1, 0.15) is 5.56 Å². The molecule has 0 aromatic heterocycles. The Kier molecular flexibility index (Phi) is 10.1. The smallest absolute Gasteiger partial charge is 0.460 e. The van der Waals surface area contributed by atoms with Crippen molar-refractivity contribution in [3.05, 3.63) is 151 Å². The van der Waals surface area contributed by atoms with Gasteiger partial charge in [0.1, 0.15) is 63.2 Å². The molecule has 17 heteroatoms. The van der Waals surface area contributed by atoms with Gasteiger partial charge in [-0.1, -0.05) is 31.2 Å². The molecule has 0 saturated carbocycles. The third kappa shape index (κ3) is 8.87. The Balaban J connectivity index is 1.56. The average molecular weight is 788 g/mol. The van der Waals surface area contributed by atoms with Crippen molar-refractivity contribution in [1.82, 2.24) is 0 Å². The lowest BCUT2D eigenvalue weighted by atomic mass is 10.2. The van der Waals surface area contributed by atoms with Crippen LogP contribution in [0.4, 0.5) is 0 Å². The molecule has 7 rings (SSSR count). The molecular weight excluding hydrogens is 755 g/mol. The van der Waals surface area contributed by atoms with Gasteiger partial charge in [0, 0.05) is 0 Å². The number of rotatable bonds is 12. The molecule has 0 amide bonds. The highest BCUT2D eigenvalue weighted by Crippen LogP contribution is 2.78. The Morgan fingerprint density at radius 3 is 0.648 bits per heavy atom. The predicted octanol–water partition coefficient (Wildman–Crippen LogP) is 11.1. The van der Waals surface area contributed by atoms with Crippen LogP contribution in [0, 0.1) is 6.92 Å². The van der Waals surface area contributed by atoms with E-state index in [-0.39, 0.29) is 57.5 Å². The van der Waals surface area contributed by atoms with Crippen LogP contribution in [0.3, 0.4) is 0 Å². The van der Waals surface area contributed by atoms with E-state index in [0.29, 0.717) is 5.75 Å². The van der Waals surface area contributed by atoms with Crippen molar-refractivity contribution in [1.29, 1.82) is 0 Å². The lowest BCUT2D eigenvalue weighted by molar-refractivity contribution is 0.437. The third-order valence-corrected chi connectivity index (χ3v) is 15.3. The van der Waals surface area contributed by atoms with Gasteiger partial charge >= 0.3 is 23.0 Å². The average Bonchev–Trinajstić information content (AvgIpc) is 3.14. The van der Waals surface area contributed by atoms with Gasteiger partial charge in [0.25, 0.3) is 0 Å². The van der Waals surface area contributed by atoms with Gasteiger partial charge in [-0.25, -0.2) is 0 Å². The molecule has 6 aromatic rings. The van der Waals surface area contributed by atoms with E-state index < -0.39 is 23.0 Å². The quantitative estimate of drug-likeness (QED) is 0.0741. The SMILES string of the molecule is Cc1ccc(OP2(Oc3ccc(O)cc3)=NP(Oc3ccc(O)cc3)(Oc3ccc(O)cc3)=NP(Oc3ccc(O)cc3)(Oc3ccc(O)cc3)=N2)cc1. The van der Waals surface area contributed by atoms with Crippen LogP contribution in [0.2, 0.25) is 0 Å². The van der Waals surface area contributed by atoms with E-state index in [0.717, 1.165) is 5.56 Å². The summed E-state index contributed by atoms with van der Waals surface area (Å²) >= 11 is 0. The van der Waals surface area contributed by atoms with Gasteiger partial charge in [-0.2, -0.15) is 0 Å². The number of phenols is 5. The number of nitrogens with zero attached hydrogens (tertiary/aromatic N) is 3. The molecule has 1 unspecified atom stereocenters. The Hall–Kier alpha value is -6.19. The van der Waals surface area contributed by atoms with E-state index in [9.17, 15) is 25.5 Å². The molecule has 1 heterocycles. The first kappa shape index (κ1) is 36.2. The summed E-state index contributed by atoms with van der Waals surface area (Å²) in [6.07, 6.45) is 0. The molecule has 0 bridgehead atoms. The number of hydrogen-bond donors (Lipinski definition) is 5. The first-order valence-electron chi connectivity index (χ1n) is 16.1. The minimum Gasteiger partial charge on any atom is -0.508 e. The fourth-order valence-electron chi connectivity index (χ4n) is 4.72. The summed E-state index contributed by atoms with van der Waals surface area (Å²) in [6, 6.07) is 36.0. The summed E-state index contributed by atoms with van der Waals surface area (Å²) in [7, 11) is -12.7. The summed E-state index contributed by atoms with van der Waals surface area (Å²) in [5.41, 5.74) is 0.947.